The molecule has 0 saturated carbocycles. The van der Waals surface area contributed by atoms with Crippen LogP contribution in [0.1, 0.15) is 13.8 Å². The summed E-state index contributed by atoms with van der Waals surface area (Å²) in [6.45, 7) is 6.10. The van der Waals surface area contributed by atoms with Crippen LogP contribution in [0.5, 0.6) is 0 Å². The number of nitrogens with one attached hydrogen (secondary N) is 1. The molecule has 1 aliphatic rings. The minimum Gasteiger partial charge on any atom is -0.373 e. The Morgan fingerprint density at radius 1 is 1.44 bits per heavy atom. The van der Waals surface area contributed by atoms with Gasteiger partial charge in [0.1, 0.15) is 5.82 Å². The van der Waals surface area contributed by atoms with E-state index >= 15 is 0 Å². The van der Waals surface area contributed by atoms with Gasteiger partial charge in [-0.05, 0) is 26.0 Å². The third-order valence-electron chi connectivity index (χ3n) is 2.71. The summed E-state index contributed by atoms with van der Waals surface area (Å²) < 4.78 is 0. The van der Waals surface area contributed by atoms with Crippen LogP contribution in [0, 0.1) is 0 Å². The van der Waals surface area contributed by atoms with E-state index in [0.717, 1.165) is 18.9 Å². The molecule has 0 bridgehead atoms. The molecule has 2 rings (SSSR count). The van der Waals surface area contributed by atoms with Crippen molar-refractivity contribution in [3.05, 3.63) is 18.3 Å². The Hall–Kier alpha value is -1.58. The predicted octanol–water partition coefficient (Wildman–Crippen LogP) is 1.79. The number of hydrogen-bond donors (Lipinski definition) is 1. The van der Waals surface area contributed by atoms with Crippen LogP contribution in [0.15, 0.2) is 23.3 Å². The van der Waals surface area contributed by atoms with Gasteiger partial charge in [0, 0.05) is 19.3 Å². The molecular weight excluding hydrogens is 200 g/mol. The van der Waals surface area contributed by atoms with Crippen LogP contribution in [0.25, 0.3) is 0 Å². The maximum atomic E-state index is 4.53. The Morgan fingerprint density at radius 3 is 2.81 bits per heavy atom. The molecule has 86 valence electrons. The molecular formula is C12H18N4. The molecule has 1 aromatic rings. The second-order valence-electron chi connectivity index (χ2n) is 4.25. The first kappa shape index (κ1) is 10.9. The molecule has 2 heterocycles. The van der Waals surface area contributed by atoms with Crippen LogP contribution in [0.3, 0.4) is 0 Å². The summed E-state index contributed by atoms with van der Waals surface area (Å²) in [6.07, 6.45) is 1.91. The number of aliphatic imine (C=N–C) groups is 1. The molecule has 4 heteroatoms. The van der Waals surface area contributed by atoms with Gasteiger partial charge in [0.2, 0.25) is 0 Å². The van der Waals surface area contributed by atoms with Gasteiger partial charge in [-0.15, -0.1) is 0 Å². The summed E-state index contributed by atoms with van der Waals surface area (Å²) in [6, 6.07) is 4.48. The molecule has 0 saturated heterocycles. The molecule has 0 spiro atoms. The third-order valence-corrected chi connectivity index (χ3v) is 2.71. The molecule has 1 aliphatic heterocycles. The van der Waals surface area contributed by atoms with Crippen LogP contribution in [0.4, 0.5) is 11.5 Å². The number of anilines is 2. The van der Waals surface area contributed by atoms with Crippen LogP contribution in [-0.2, 0) is 0 Å². The number of hydrogen-bond acceptors (Lipinski definition) is 4. The molecule has 0 amide bonds. The van der Waals surface area contributed by atoms with Gasteiger partial charge in [-0.3, -0.25) is 4.99 Å². The summed E-state index contributed by atoms with van der Waals surface area (Å²) in [5.74, 6) is 0.902. The maximum Gasteiger partial charge on any atom is 0.125 e. The molecule has 1 aromatic heterocycles. The van der Waals surface area contributed by atoms with Crippen molar-refractivity contribution in [1.82, 2.24) is 4.98 Å². The van der Waals surface area contributed by atoms with Crippen molar-refractivity contribution in [3.8, 4) is 0 Å². The van der Waals surface area contributed by atoms with Crippen LogP contribution in [0.2, 0.25) is 0 Å². The topological polar surface area (TPSA) is 40.5 Å². The lowest BCUT2D eigenvalue weighted by molar-refractivity contribution is 0.678. The van der Waals surface area contributed by atoms with E-state index in [2.05, 4.69) is 40.1 Å². The second kappa shape index (κ2) is 4.51. The van der Waals surface area contributed by atoms with Gasteiger partial charge >= 0.3 is 0 Å². The highest BCUT2D eigenvalue weighted by atomic mass is 15.2. The summed E-state index contributed by atoms with van der Waals surface area (Å²) in [4.78, 5) is 11.2. The minimum absolute atomic E-state index is 0.373. The largest absolute Gasteiger partial charge is 0.373 e. The average molecular weight is 218 g/mol. The van der Waals surface area contributed by atoms with Crippen molar-refractivity contribution in [2.75, 3.05) is 30.4 Å². The number of pyridine rings is 1. The summed E-state index contributed by atoms with van der Waals surface area (Å²) in [5, 5.41) is 3.02. The standard InChI is InChI=1S/C12H18N4/c1-9-7-16(8-10(2)15-9)11-4-5-12(13-3)14-6-11/h4-6,9H,7-8H2,1-3H3,(H,13,14)/t9-/m1/s1. The highest BCUT2D eigenvalue weighted by Crippen LogP contribution is 2.18. The molecule has 4 nitrogen and oxygen atoms in total. The van der Waals surface area contributed by atoms with Gasteiger partial charge < -0.3 is 10.2 Å². The lowest BCUT2D eigenvalue weighted by Gasteiger charge is -2.30. The van der Waals surface area contributed by atoms with E-state index in [1.54, 1.807) is 0 Å². The monoisotopic (exact) mass is 218 g/mol. The van der Waals surface area contributed by atoms with Gasteiger partial charge in [-0.2, -0.15) is 0 Å². The van der Waals surface area contributed by atoms with E-state index in [1.807, 2.05) is 19.3 Å². The summed E-state index contributed by atoms with van der Waals surface area (Å²) >= 11 is 0. The lowest BCUT2D eigenvalue weighted by atomic mass is 10.2. The van der Waals surface area contributed by atoms with Gasteiger partial charge in [-0.25, -0.2) is 4.98 Å². The van der Waals surface area contributed by atoms with Crippen molar-refractivity contribution < 1.29 is 0 Å². The van der Waals surface area contributed by atoms with Crippen molar-refractivity contribution in [2.45, 2.75) is 19.9 Å². The molecule has 0 radical (unpaired) electrons. The first-order chi connectivity index (χ1) is 7.69. The average Bonchev–Trinajstić information content (AvgIpc) is 2.28. The van der Waals surface area contributed by atoms with Crippen molar-refractivity contribution in [1.29, 1.82) is 0 Å². The zero-order valence-corrected chi connectivity index (χ0v) is 10.1. The Labute approximate surface area is 96.4 Å². The number of rotatable bonds is 2. The van der Waals surface area contributed by atoms with E-state index in [4.69, 9.17) is 0 Å². The van der Waals surface area contributed by atoms with Crippen LogP contribution >= 0.6 is 0 Å². The van der Waals surface area contributed by atoms with Gasteiger partial charge in [-0.1, -0.05) is 0 Å². The van der Waals surface area contributed by atoms with E-state index in [9.17, 15) is 0 Å². The molecule has 16 heavy (non-hydrogen) atoms. The zero-order valence-electron chi connectivity index (χ0n) is 10.1. The lowest BCUT2D eigenvalue weighted by Crippen LogP contribution is -2.39. The molecule has 0 fully saturated rings. The fourth-order valence-corrected chi connectivity index (χ4v) is 2.04. The van der Waals surface area contributed by atoms with Gasteiger partial charge in [0.05, 0.1) is 24.5 Å². The normalized spacial score (nSPS) is 20.6. The first-order valence-corrected chi connectivity index (χ1v) is 5.61. The summed E-state index contributed by atoms with van der Waals surface area (Å²) in [7, 11) is 1.88. The Kier molecular flexibility index (Phi) is 3.08. The Morgan fingerprint density at radius 2 is 2.25 bits per heavy atom. The molecule has 0 aromatic carbocycles. The van der Waals surface area contributed by atoms with E-state index in [1.165, 1.54) is 11.4 Å². The first-order valence-electron chi connectivity index (χ1n) is 5.61. The molecule has 0 unspecified atom stereocenters. The Balaban J connectivity index is 2.15. The second-order valence-corrected chi connectivity index (χ2v) is 4.25. The smallest absolute Gasteiger partial charge is 0.125 e. The number of aromatic nitrogens is 1. The third kappa shape index (κ3) is 2.32. The van der Waals surface area contributed by atoms with Gasteiger partial charge in [0.15, 0.2) is 0 Å². The molecule has 1 atom stereocenters. The highest BCUT2D eigenvalue weighted by molar-refractivity contribution is 5.87. The molecule has 1 N–H and O–H groups in total. The van der Waals surface area contributed by atoms with E-state index in [-0.39, 0.29) is 0 Å². The molecule has 0 aliphatic carbocycles. The zero-order chi connectivity index (χ0) is 11.5. The minimum atomic E-state index is 0.373. The summed E-state index contributed by atoms with van der Waals surface area (Å²) in [5.41, 5.74) is 2.36. The number of nitrogens with zero attached hydrogens (tertiary/aromatic N) is 3. The predicted molar refractivity (Wildman–Crippen MR) is 68.6 cm³/mol. The van der Waals surface area contributed by atoms with Crippen molar-refractivity contribution >= 4 is 17.2 Å². The Bertz CT molecular complexity index is 383. The SMILES string of the molecule is CNc1ccc(N2CC(C)=N[C@H](C)C2)cn1. The quantitative estimate of drug-likeness (QED) is 0.822. The maximum absolute atomic E-state index is 4.53. The van der Waals surface area contributed by atoms with Crippen molar-refractivity contribution in [2.24, 2.45) is 4.99 Å². The van der Waals surface area contributed by atoms with Gasteiger partial charge in [0.25, 0.3) is 0 Å². The van der Waals surface area contributed by atoms with Crippen LogP contribution < -0.4 is 10.2 Å². The van der Waals surface area contributed by atoms with E-state index in [0.29, 0.717) is 6.04 Å². The van der Waals surface area contributed by atoms with E-state index < -0.39 is 0 Å². The highest BCUT2D eigenvalue weighted by Gasteiger charge is 2.16. The fraction of sp³-hybridized carbons (Fsp3) is 0.500. The van der Waals surface area contributed by atoms with Crippen molar-refractivity contribution in [3.63, 3.8) is 0 Å². The fourth-order valence-electron chi connectivity index (χ4n) is 2.04. The van der Waals surface area contributed by atoms with Crippen LogP contribution in [-0.4, -0.2) is 36.9 Å².